The third kappa shape index (κ3) is 3.91. The molecule has 5 nitrogen and oxygen atoms in total. The summed E-state index contributed by atoms with van der Waals surface area (Å²) < 4.78 is 2.27. The van der Waals surface area contributed by atoms with E-state index in [4.69, 9.17) is 0 Å². The lowest BCUT2D eigenvalue weighted by atomic mass is 9.93. The fraction of sp³-hybridized carbons (Fsp3) is 0.240. The van der Waals surface area contributed by atoms with Crippen LogP contribution in [-0.2, 0) is 4.79 Å². The molecule has 0 N–H and O–H groups in total. The number of nitrogens with zero attached hydrogens (tertiary/aromatic N) is 3. The number of benzene rings is 2. The molecule has 1 aromatic heterocycles. The van der Waals surface area contributed by atoms with Crippen molar-refractivity contribution in [3.05, 3.63) is 96.2 Å². The smallest absolute Gasteiger partial charge is 0.271 e. The van der Waals surface area contributed by atoms with E-state index in [9.17, 15) is 9.59 Å². The van der Waals surface area contributed by atoms with Gasteiger partial charge in [0.05, 0.1) is 10.6 Å². The number of carbonyl (C=O) groups excluding carboxylic acids is 1. The summed E-state index contributed by atoms with van der Waals surface area (Å²) in [5.74, 6) is -0.0734. The van der Waals surface area contributed by atoms with Gasteiger partial charge < -0.3 is 4.90 Å². The molecule has 0 aliphatic carbocycles. The molecule has 0 bridgehead atoms. The van der Waals surface area contributed by atoms with Crippen molar-refractivity contribution < 1.29 is 4.79 Å². The second kappa shape index (κ2) is 8.12. The van der Waals surface area contributed by atoms with E-state index >= 15 is 0 Å². The van der Waals surface area contributed by atoms with Gasteiger partial charge in [0, 0.05) is 31.1 Å². The van der Waals surface area contributed by atoms with Crippen molar-refractivity contribution in [2.45, 2.75) is 26.8 Å². The van der Waals surface area contributed by atoms with Crippen LogP contribution < -0.4 is 19.8 Å². The number of allylic oxidation sites excluding steroid dienone is 2. The zero-order chi connectivity index (χ0) is 22.3. The fourth-order valence-corrected chi connectivity index (χ4v) is 4.90. The van der Waals surface area contributed by atoms with Crippen LogP contribution in [0.15, 0.2) is 69.6 Å². The number of fused-ring (bicyclic) bond motifs is 1. The first-order valence-corrected chi connectivity index (χ1v) is 11.0. The fourth-order valence-electron chi connectivity index (χ4n) is 3.85. The molecule has 2 aromatic carbocycles. The third-order valence-corrected chi connectivity index (χ3v) is 6.48. The van der Waals surface area contributed by atoms with Gasteiger partial charge in [-0.3, -0.25) is 14.2 Å². The molecule has 2 heterocycles. The molecule has 0 radical (unpaired) electrons. The van der Waals surface area contributed by atoms with Crippen LogP contribution in [0, 0.1) is 6.92 Å². The molecule has 1 aliphatic heterocycles. The number of carbonyl (C=O) groups is 1. The van der Waals surface area contributed by atoms with Crippen LogP contribution in [0.3, 0.4) is 0 Å². The summed E-state index contributed by atoms with van der Waals surface area (Å²) in [6.07, 6.45) is 1.89. The van der Waals surface area contributed by atoms with Crippen LogP contribution >= 0.6 is 11.3 Å². The molecule has 0 spiro atoms. The van der Waals surface area contributed by atoms with Gasteiger partial charge >= 0.3 is 0 Å². The summed E-state index contributed by atoms with van der Waals surface area (Å²) in [4.78, 5) is 33.3. The van der Waals surface area contributed by atoms with Crippen LogP contribution in [0.2, 0.25) is 0 Å². The lowest BCUT2D eigenvalue weighted by Gasteiger charge is -2.25. The Balaban J connectivity index is 1.93. The van der Waals surface area contributed by atoms with Gasteiger partial charge in [-0.1, -0.05) is 53.3 Å². The maximum Gasteiger partial charge on any atom is 0.271 e. The first kappa shape index (κ1) is 21.0. The highest BCUT2D eigenvalue weighted by Crippen LogP contribution is 2.31. The van der Waals surface area contributed by atoms with Gasteiger partial charge in [-0.25, -0.2) is 4.99 Å². The number of aromatic nitrogens is 1. The number of anilines is 1. The van der Waals surface area contributed by atoms with E-state index in [1.165, 1.54) is 23.8 Å². The topological polar surface area (TPSA) is 54.7 Å². The normalized spacial score (nSPS) is 16.2. The average molecular weight is 432 g/mol. The molecule has 1 atom stereocenters. The first-order chi connectivity index (χ1) is 14.8. The minimum absolute atomic E-state index is 0.0734. The van der Waals surface area contributed by atoms with Crippen molar-refractivity contribution in [3.8, 4) is 0 Å². The number of thiazole rings is 1. The van der Waals surface area contributed by atoms with E-state index in [-0.39, 0.29) is 11.3 Å². The predicted octanol–water partition coefficient (Wildman–Crippen LogP) is 3.20. The second-order valence-electron chi connectivity index (χ2n) is 8.03. The van der Waals surface area contributed by atoms with Crippen LogP contribution in [-0.4, -0.2) is 24.4 Å². The standard InChI is InChI=1S/C25H25N3O2S/c1-15-6-8-18(9-7-15)14-21-24(30)28-23(19-10-12-20(13-11-19)27(4)5)22(17(3)29)16(2)26-25(28)31-21/h6-14,23H,1-5H3/b21-14+/t23-/m0/s1. The molecule has 1 aliphatic rings. The number of rotatable bonds is 4. The van der Waals surface area contributed by atoms with E-state index in [1.807, 2.05) is 87.4 Å². The molecule has 0 saturated carbocycles. The van der Waals surface area contributed by atoms with Crippen LogP contribution in [0.4, 0.5) is 5.69 Å². The number of hydrogen-bond donors (Lipinski definition) is 0. The first-order valence-electron chi connectivity index (χ1n) is 10.1. The van der Waals surface area contributed by atoms with Crippen LogP contribution in [0.1, 0.15) is 36.6 Å². The van der Waals surface area contributed by atoms with Crippen molar-refractivity contribution in [1.82, 2.24) is 4.57 Å². The number of aryl methyl sites for hydroxylation is 1. The molecular weight excluding hydrogens is 406 g/mol. The Morgan fingerprint density at radius 2 is 1.71 bits per heavy atom. The predicted molar refractivity (Wildman–Crippen MR) is 126 cm³/mol. The quantitative estimate of drug-likeness (QED) is 0.638. The van der Waals surface area contributed by atoms with E-state index in [1.54, 1.807) is 4.57 Å². The Morgan fingerprint density at radius 3 is 2.29 bits per heavy atom. The van der Waals surface area contributed by atoms with Crippen molar-refractivity contribution in [3.63, 3.8) is 0 Å². The lowest BCUT2D eigenvalue weighted by molar-refractivity contribution is -0.114. The summed E-state index contributed by atoms with van der Waals surface area (Å²) in [5.41, 5.74) is 5.18. The summed E-state index contributed by atoms with van der Waals surface area (Å²) in [6, 6.07) is 15.5. The Kier molecular flexibility index (Phi) is 5.50. The zero-order valence-electron chi connectivity index (χ0n) is 18.3. The van der Waals surface area contributed by atoms with Crippen LogP contribution in [0.5, 0.6) is 0 Å². The Labute approximate surface area is 185 Å². The maximum absolute atomic E-state index is 13.5. The van der Waals surface area contributed by atoms with E-state index < -0.39 is 6.04 Å². The van der Waals surface area contributed by atoms with Gasteiger partial charge in [-0.15, -0.1) is 0 Å². The number of Topliss-reactive ketones (excluding diaryl/α,β-unsaturated/α-hetero) is 1. The molecule has 6 heteroatoms. The molecular formula is C25H25N3O2S. The largest absolute Gasteiger partial charge is 0.378 e. The Hall–Kier alpha value is -3.25. The summed E-state index contributed by atoms with van der Waals surface area (Å²) >= 11 is 1.36. The molecule has 0 unspecified atom stereocenters. The molecule has 3 aromatic rings. The van der Waals surface area contributed by atoms with Gasteiger partial charge in [-0.05, 0) is 50.1 Å². The SMILES string of the molecule is CC(=O)C1=C(C)N=c2s/c(=C/c3ccc(C)cc3)c(=O)n2[C@H]1c1ccc(N(C)C)cc1. The van der Waals surface area contributed by atoms with Gasteiger partial charge in [0.25, 0.3) is 5.56 Å². The average Bonchev–Trinajstić information content (AvgIpc) is 3.03. The molecule has 158 valence electrons. The minimum Gasteiger partial charge on any atom is -0.378 e. The summed E-state index contributed by atoms with van der Waals surface area (Å²) in [6.45, 7) is 5.41. The molecule has 4 rings (SSSR count). The highest BCUT2D eigenvalue weighted by molar-refractivity contribution is 7.07. The van der Waals surface area contributed by atoms with Gasteiger partial charge in [0.1, 0.15) is 0 Å². The van der Waals surface area contributed by atoms with E-state index in [2.05, 4.69) is 4.99 Å². The second-order valence-corrected chi connectivity index (χ2v) is 9.04. The monoisotopic (exact) mass is 431 g/mol. The third-order valence-electron chi connectivity index (χ3n) is 5.50. The lowest BCUT2D eigenvalue weighted by Crippen LogP contribution is -2.39. The summed E-state index contributed by atoms with van der Waals surface area (Å²) in [7, 11) is 3.96. The Morgan fingerprint density at radius 1 is 1.06 bits per heavy atom. The van der Waals surface area contributed by atoms with Gasteiger partial charge in [0.15, 0.2) is 10.6 Å². The molecule has 0 amide bonds. The number of hydrogen-bond acceptors (Lipinski definition) is 5. The number of ketones is 1. The zero-order valence-corrected chi connectivity index (χ0v) is 19.2. The minimum atomic E-state index is -0.481. The van der Waals surface area contributed by atoms with Gasteiger partial charge in [-0.2, -0.15) is 0 Å². The van der Waals surface area contributed by atoms with E-state index in [0.29, 0.717) is 20.6 Å². The van der Waals surface area contributed by atoms with Crippen molar-refractivity contribution >= 4 is 28.9 Å². The molecule has 0 saturated heterocycles. The maximum atomic E-state index is 13.5. The van der Waals surface area contributed by atoms with E-state index in [0.717, 1.165) is 16.8 Å². The summed E-state index contributed by atoms with van der Waals surface area (Å²) in [5, 5.41) is 0. The van der Waals surface area contributed by atoms with Crippen molar-refractivity contribution in [1.29, 1.82) is 0 Å². The highest BCUT2D eigenvalue weighted by Gasteiger charge is 2.30. The van der Waals surface area contributed by atoms with Gasteiger partial charge in [0.2, 0.25) is 0 Å². The molecule has 31 heavy (non-hydrogen) atoms. The molecule has 0 fully saturated rings. The Bertz CT molecular complexity index is 1360. The van der Waals surface area contributed by atoms with Crippen molar-refractivity contribution in [2.75, 3.05) is 19.0 Å². The van der Waals surface area contributed by atoms with Crippen LogP contribution in [0.25, 0.3) is 6.08 Å². The highest BCUT2D eigenvalue weighted by atomic mass is 32.1. The van der Waals surface area contributed by atoms with Crippen molar-refractivity contribution in [2.24, 2.45) is 4.99 Å².